The summed E-state index contributed by atoms with van der Waals surface area (Å²) in [6.07, 6.45) is 2.88. The number of esters is 1. The van der Waals surface area contributed by atoms with E-state index in [0.29, 0.717) is 5.75 Å². The molecule has 0 N–H and O–H groups in total. The molecule has 26 heavy (non-hydrogen) atoms. The Labute approximate surface area is 154 Å². The van der Waals surface area contributed by atoms with Crippen molar-refractivity contribution in [3.05, 3.63) is 66.2 Å². The number of ether oxygens (including phenoxy) is 2. The van der Waals surface area contributed by atoms with E-state index < -0.39 is 11.7 Å². The van der Waals surface area contributed by atoms with Gasteiger partial charge in [0.05, 0.1) is 5.41 Å². The van der Waals surface area contributed by atoms with Gasteiger partial charge < -0.3 is 14.4 Å². The summed E-state index contributed by atoms with van der Waals surface area (Å²) in [6, 6.07) is 14.1. The third-order valence-corrected chi connectivity index (χ3v) is 5.89. The molecule has 0 aromatic heterocycles. The lowest BCUT2D eigenvalue weighted by Crippen LogP contribution is -2.60. The molecule has 0 saturated heterocycles. The molecular weight excluding hydrogens is 326 g/mol. The van der Waals surface area contributed by atoms with E-state index in [1.165, 1.54) is 11.3 Å². The van der Waals surface area contributed by atoms with Gasteiger partial charge in [-0.15, -0.1) is 0 Å². The molecule has 0 bridgehead atoms. The summed E-state index contributed by atoms with van der Waals surface area (Å²) in [6.45, 7) is 7.93. The Morgan fingerprint density at radius 1 is 1.27 bits per heavy atom. The number of likely N-dealkylation sites (N-methyl/N-ethyl adjacent to an activating group) is 1. The van der Waals surface area contributed by atoms with Gasteiger partial charge in [0.2, 0.25) is 0 Å². The molecule has 4 nitrogen and oxygen atoms in total. The fourth-order valence-electron chi connectivity index (χ4n) is 4.40. The summed E-state index contributed by atoms with van der Waals surface area (Å²) in [5.41, 5.74) is 3.01. The lowest BCUT2D eigenvalue weighted by Gasteiger charge is -2.48. The van der Waals surface area contributed by atoms with E-state index in [9.17, 15) is 4.79 Å². The average Bonchev–Trinajstić information content (AvgIpc) is 2.81. The fourth-order valence-corrected chi connectivity index (χ4v) is 4.40. The normalized spacial score (nSPS) is 22.3. The molecule has 2 aromatic rings. The molecule has 2 aliphatic rings. The van der Waals surface area contributed by atoms with Crippen LogP contribution in [-0.4, -0.2) is 18.7 Å². The largest absolute Gasteiger partial charge is 0.467 e. The molecule has 2 aliphatic heterocycles. The zero-order chi connectivity index (χ0) is 18.5. The molecule has 0 amide bonds. The number of anilines is 1. The first-order chi connectivity index (χ1) is 12.4. The van der Waals surface area contributed by atoms with Gasteiger partial charge >= 0.3 is 5.97 Å². The molecule has 0 saturated carbocycles. The van der Waals surface area contributed by atoms with Crippen molar-refractivity contribution in [2.24, 2.45) is 0 Å². The summed E-state index contributed by atoms with van der Waals surface area (Å²) in [7, 11) is 2.11. The third-order valence-electron chi connectivity index (χ3n) is 5.89. The van der Waals surface area contributed by atoms with E-state index in [-0.39, 0.29) is 5.41 Å². The standard InChI is InChI=1S/C22H23NO3/c1-5-20(24)25-16-10-11-19-15(14-16)12-13-22(26-19)21(2,3)17-8-6-7-9-18(17)23(22)4/h5-11,14H,1,12-13H2,2-4H3. The van der Waals surface area contributed by atoms with Crippen molar-refractivity contribution < 1.29 is 14.3 Å². The van der Waals surface area contributed by atoms with Crippen molar-refractivity contribution in [2.45, 2.75) is 37.8 Å². The Morgan fingerprint density at radius 3 is 2.77 bits per heavy atom. The molecule has 4 rings (SSSR count). The van der Waals surface area contributed by atoms with Gasteiger partial charge in [-0.25, -0.2) is 4.79 Å². The SMILES string of the molecule is C=CC(=O)Oc1ccc2c(c1)CCC1(O2)N(C)c2ccccc2C1(C)C. The highest BCUT2D eigenvalue weighted by molar-refractivity contribution is 5.83. The third kappa shape index (κ3) is 2.18. The molecule has 0 aliphatic carbocycles. The van der Waals surface area contributed by atoms with Crippen molar-refractivity contribution in [3.63, 3.8) is 0 Å². The van der Waals surface area contributed by atoms with E-state index in [1.54, 1.807) is 6.07 Å². The van der Waals surface area contributed by atoms with Crippen molar-refractivity contribution in [2.75, 3.05) is 11.9 Å². The number of rotatable bonds is 2. The Morgan fingerprint density at radius 2 is 2.04 bits per heavy atom. The minimum atomic E-state index is -0.453. The van der Waals surface area contributed by atoms with E-state index in [0.717, 1.165) is 30.2 Å². The molecule has 1 unspecified atom stereocenters. The maximum absolute atomic E-state index is 11.4. The zero-order valence-electron chi connectivity index (χ0n) is 15.4. The highest BCUT2D eigenvalue weighted by Gasteiger charge is 2.58. The first kappa shape index (κ1) is 16.7. The molecule has 0 fully saturated rings. The highest BCUT2D eigenvalue weighted by Crippen LogP contribution is 2.55. The monoisotopic (exact) mass is 349 g/mol. The van der Waals surface area contributed by atoms with Gasteiger partial charge in [-0.1, -0.05) is 24.8 Å². The predicted molar refractivity (Wildman–Crippen MR) is 102 cm³/mol. The Balaban J connectivity index is 1.71. The van der Waals surface area contributed by atoms with Gasteiger partial charge in [0, 0.05) is 25.2 Å². The van der Waals surface area contributed by atoms with Crippen LogP contribution in [0.4, 0.5) is 5.69 Å². The van der Waals surface area contributed by atoms with Crippen LogP contribution in [-0.2, 0) is 16.6 Å². The first-order valence-electron chi connectivity index (χ1n) is 8.88. The Kier molecular flexibility index (Phi) is 3.62. The smallest absolute Gasteiger partial charge is 0.335 e. The van der Waals surface area contributed by atoms with Gasteiger partial charge in [-0.2, -0.15) is 0 Å². The number of para-hydroxylation sites is 1. The van der Waals surface area contributed by atoms with Crippen LogP contribution in [0.1, 0.15) is 31.4 Å². The molecule has 2 heterocycles. The summed E-state index contributed by atoms with van der Waals surface area (Å²) in [4.78, 5) is 13.7. The maximum atomic E-state index is 11.4. The van der Waals surface area contributed by atoms with Gasteiger partial charge in [0.15, 0.2) is 5.72 Å². The number of aryl methyl sites for hydroxylation is 1. The lowest BCUT2D eigenvalue weighted by atomic mass is 9.74. The van der Waals surface area contributed by atoms with Crippen LogP contribution >= 0.6 is 0 Å². The molecule has 2 aromatic carbocycles. The quantitative estimate of drug-likeness (QED) is 0.462. The maximum Gasteiger partial charge on any atom is 0.335 e. The van der Waals surface area contributed by atoms with Gasteiger partial charge in [-0.3, -0.25) is 0 Å². The van der Waals surface area contributed by atoms with E-state index in [1.807, 2.05) is 12.1 Å². The van der Waals surface area contributed by atoms with Crippen LogP contribution in [0.2, 0.25) is 0 Å². The number of hydrogen-bond acceptors (Lipinski definition) is 4. The average molecular weight is 349 g/mol. The van der Waals surface area contributed by atoms with Gasteiger partial charge in [0.1, 0.15) is 11.5 Å². The minimum absolute atomic E-state index is 0.149. The van der Waals surface area contributed by atoms with Crippen LogP contribution in [0.15, 0.2) is 55.1 Å². The van der Waals surface area contributed by atoms with E-state index in [4.69, 9.17) is 9.47 Å². The number of hydrogen-bond donors (Lipinski definition) is 0. The number of carbonyl (C=O) groups is 1. The second kappa shape index (κ2) is 5.63. The molecular formula is C22H23NO3. The molecule has 4 heteroatoms. The number of carbonyl (C=O) groups excluding carboxylic acids is 1. The van der Waals surface area contributed by atoms with Gasteiger partial charge in [0.25, 0.3) is 0 Å². The minimum Gasteiger partial charge on any atom is -0.467 e. The number of nitrogens with zero attached hydrogens (tertiary/aromatic N) is 1. The van der Waals surface area contributed by atoms with Crippen molar-refractivity contribution >= 4 is 11.7 Å². The fraction of sp³-hybridized carbons (Fsp3) is 0.318. The van der Waals surface area contributed by atoms with Crippen LogP contribution in [0.25, 0.3) is 0 Å². The lowest BCUT2D eigenvalue weighted by molar-refractivity contribution is -0.128. The topological polar surface area (TPSA) is 38.8 Å². The van der Waals surface area contributed by atoms with Gasteiger partial charge in [-0.05, 0) is 55.7 Å². The van der Waals surface area contributed by atoms with E-state index in [2.05, 4.69) is 56.6 Å². The second-order valence-corrected chi connectivity index (χ2v) is 7.48. The number of fused-ring (bicyclic) bond motifs is 2. The van der Waals surface area contributed by atoms with Crippen molar-refractivity contribution in [3.8, 4) is 11.5 Å². The van der Waals surface area contributed by atoms with Crippen LogP contribution < -0.4 is 14.4 Å². The predicted octanol–water partition coefficient (Wildman–Crippen LogP) is 4.23. The summed E-state index contributed by atoms with van der Waals surface area (Å²) in [5, 5.41) is 0. The first-order valence-corrected chi connectivity index (χ1v) is 8.88. The molecule has 0 radical (unpaired) electrons. The van der Waals surface area contributed by atoms with E-state index >= 15 is 0 Å². The molecule has 1 atom stereocenters. The Bertz CT molecular complexity index is 902. The molecule has 134 valence electrons. The summed E-state index contributed by atoms with van der Waals surface area (Å²) >= 11 is 0. The highest BCUT2D eigenvalue weighted by atomic mass is 16.5. The zero-order valence-corrected chi connectivity index (χ0v) is 15.4. The second-order valence-electron chi connectivity index (χ2n) is 7.48. The van der Waals surface area contributed by atoms with Crippen LogP contribution in [0.3, 0.4) is 0 Å². The molecule has 1 spiro atoms. The summed E-state index contributed by atoms with van der Waals surface area (Å²) < 4.78 is 11.9. The van der Waals surface area contributed by atoms with Crippen molar-refractivity contribution in [1.29, 1.82) is 0 Å². The van der Waals surface area contributed by atoms with Crippen LogP contribution in [0, 0.1) is 0 Å². The van der Waals surface area contributed by atoms with Crippen molar-refractivity contribution in [1.82, 2.24) is 0 Å². The summed E-state index contributed by atoms with van der Waals surface area (Å²) in [5.74, 6) is 0.920. The Hall–Kier alpha value is -2.75. The number of benzene rings is 2. The van der Waals surface area contributed by atoms with Crippen LogP contribution in [0.5, 0.6) is 11.5 Å².